The summed E-state index contributed by atoms with van der Waals surface area (Å²) < 4.78 is 25.6. The van der Waals surface area contributed by atoms with Gasteiger partial charge in [-0.15, -0.1) is 5.06 Å². The lowest BCUT2D eigenvalue weighted by atomic mass is 10.0. The van der Waals surface area contributed by atoms with Crippen molar-refractivity contribution in [3.05, 3.63) is 47.5 Å². The Hall–Kier alpha value is -3.17. The van der Waals surface area contributed by atoms with E-state index in [-0.39, 0.29) is 16.7 Å². The Morgan fingerprint density at radius 1 is 1.20 bits per heavy atom. The summed E-state index contributed by atoms with van der Waals surface area (Å²) in [7, 11) is 1.53. The van der Waals surface area contributed by atoms with Gasteiger partial charge >= 0.3 is 5.97 Å². The molecular weight excluding hydrogens is 475 g/mol. The number of methoxy groups -OCH3 is 1. The Morgan fingerprint density at radius 2 is 2.00 bits per heavy atom. The van der Waals surface area contributed by atoms with Crippen molar-refractivity contribution in [2.24, 2.45) is 0 Å². The number of hydroxylamine groups is 2. The van der Waals surface area contributed by atoms with Gasteiger partial charge in [-0.25, -0.2) is 14.4 Å². The van der Waals surface area contributed by atoms with E-state index in [0.29, 0.717) is 41.2 Å². The minimum Gasteiger partial charge on any atom is -0.493 e. The van der Waals surface area contributed by atoms with Gasteiger partial charge in [-0.3, -0.25) is 4.79 Å². The zero-order valence-electron chi connectivity index (χ0n) is 20.1. The molecule has 35 heavy (non-hydrogen) atoms. The number of nitrogens with zero attached hydrogens (tertiary/aromatic N) is 3. The van der Waals surface area contributed by atoms with Crippen molar-refractivity contribution in [1.29, 1.82) is 0 Å². The van der Waals surface area contributed by atoms with Crippen LogP contribution in [0.2, 0.25) is 5.02 Å². The van der Waals surface area contributed by atoms with E-state index in [0.717, 1.165) is 12.8 Å². The van der Waals surface area contributed by atoms with Crippen molar-refractivity contribution in [3.63, 3.8) is 0 Å². The molecular formula is C25H28ClFN4O4. The van der Waals surface area contributed by atoms with Crippen LogP contribution in [-0.2, 0) is 9.53 Å². The highest BCUT2D eigenvalue weighted by atomic mass is 35.5. The number of carbonyl (C=O) groups is 1. The molecule has 1 N–H and O–H groups in total. The van der Waals surface area contributed by atoms with Gasteiger partial charge in [0.15, 0.2) is 17.3 Å². The predicted molar refractivity (Wildman–Crippen MR) is 132 cm³/mol. The van der Waals surface area contributed by atoms with Gasteiger partial charge in [-0.05, 0) is 58.2 Å². The van der Waals surface area contributed by atoms with Crippen LogP contribution in [0.15, 0.2) is 36.7 Å². The molecule has 1 saturated heterocycles. The maximum atomic E-state index is 14.5. The number of ether oxygens (including phenoxy) is 2. The van der Waals surface area contributed by atoms with Gasteiger partial charge in [0.25, 0.3) is 0 Å². The molecule has 0 amide bonds. The first-order valence-electron chi connectivity index (χ1n) is 11.4. The zero-order valence-corrected chi connectivity index (χ0v) is 20.9. The maximum absolute atomic E-state index is 14.5. The third kappa shape index (κ3) is 5.74. The van der Waals surface area contributed by atoms with E-state index in [1.165, 1.54) is 19.5 Å². The molecule has 4 rings (SSSR count). The van der Waals surface area contributed by atoms with Gasteiger partial charge in [0, 0.05) is 18.0 Å². The van der Waals surface area contributed by atoms with E-state index in [2.05, 4.69) is 15.3 Å². The summed E-state index contributed by atoms with van der Waals surface area (Å²) >= 11 is 5.92. The second-order valence-electron chi connectivity index (χ2n) is 9.25. The van der Waals surface area contributed by atoms with E-state index in [1.807, 2.05) is 20.8 Å². The summed E-state index contributed by atoms with van der Waals surface area (Å²) in [6.07, 6.45) is 3.76. The van der Waals surface area contributed by atoms with E-state index in [4.69, 9.17) is 25.9 Å². The first-order chi connectivity index (χ1) is 16.7. The first-order valence-corrected chi connectivity index (χ1v) is 11.8. The molecule has 1 fully saturated rings. The van der Waals surface area contributed by atoms with Gasteiger partial charge in [0.05, 0.1) is 23.3 Å². The lowest BCUT2D eigenvalue weighted by Gasteiger charge is -2.35. The van der Waals surface area contributed by atoms with Crippen LogP contribution in [0.25, 0.3) is 10.9 Å². The number of hydrogen-bond donors (Lipinski definition) is 1. The van der Waals surface area contributed by atoms with Crippen molar-refractivity contribution >= 4 is 40.0 Å². The standard InChI is InChI=1S/C25H28ClFN4O4/c1-25(2,3)34-24(32)19-10-5-6-11-31(19)35-21-12-15-18(13-20(21)33-4)28-14-29-23(15)30-17-9-7-8-16(26)22(17)27/h7-9,12-14,19H,5-6,10-11H2,1-4H3,(H,28,29,30). The number of esters is 1. The van der Waals surface area contributed by atoms with Gasteiger partial charge in [0.2, 0.25) is 0 Å². The third-order valence-corrected chi connectivity index (χ3v) is 5.77. The Balaban J connectivity index is 1.68. The van der Waals surface area contributed by atoms with Gasteiger partial charge in [-0.2, -0.15) is 0 Å². The van der Waals surface area contributed by atoms with Crippen LogP contribution >= 0.6 is 11.6 Å². The number of nitrogens with one attached hydrogen (secondary N) is 1. The van der Waals surface area contributed by atoms with Crippen molar-refractivity contribution in [1.82, 2.24) is 15.0 Å². The Labute approximate surface area is 208 Å². The van der Waals surface area contributed by atoms with Crippen LogP contribution in [0.5, 0.6) is 11.5 Å². The lowest BCUT2D eigenvalue weighted by Crippen LogP contribution is -2.48. The summed E-state index contributed by atoms with van der Waals surface area (Å²) in [6, 6.07) is 7.54. The van der Waals surface area contributed by atoms with Crippen molar-refractivity contribution in [3.8, 4) is 11.5 Å². The molecule has 0 spiro atoms. The molecule has 8 nitrogen and oxygen atoms in total. The number of carbonyl (C=O) groups excluding carboxylic acids is 1. The van der Waals surface area contributed by atoms with Crippen LogP contribution in [0.3, 0.4) is 0 Å². The van der Waals surface area contributed by atoms with Crippen molar-refractivity contribution in [2.45, 2.75) is 51.7 Å². The van der Waals surface area contributed by atoms with Crippen LogP contribution in [0, 0.1) is 5.82 Å². The zero-order chi connectivity index (χ0) is 25.2. The highest BCUT2D eigenvalue weighted by Gasteiger charge is 2.34. The molecule has 0 bridgehead atoms. The van der Waals surface area contributed by atoms with Crippen LogP contribution in [0.4, 0.5) is 15.9 Å². The number of halogens is 2. The molecule has 2 aromatic carbocycles. The SMILES string of the molecule is COc1cc2ncnc(Nc3cccc(Cl)c3F)c2cc1ON1CCCCC1C(=O)OC(C)(C)C. The third-order valence-electron chi connectivity index (χ3n) is 5.47. The van der Waals surface area contributed by atoms with E-state index in [9.17, 15) is 9.18 Å². The van der Waals surface area contributed by atoms with Gasteiger partial charge in [-0.1, -0.05) is 17.7 Å². The minimum atomic E-state index is -0.603. The topological polar surface area (TPSA) is 85.8 Å². The average molecular weight is 503 g/mol. The number of anilines is 2. The molecule has 0 aliphatic carbocycles. The van der Waals surface area contributed by atoms with E-state index < -0.39 is 17.5 Å². The minimum absolute atomic E-state index is 0.00247. The fraction of sp³-hybridized carbons (Fsp3) is 0.400. The Bertz CT molecular complexity index is 1230. The molecule has 1 aliphatic heterocycles. The number of piperidine rings is 1. The molecule has 1 atom stereocenters. The second-order valence-corrected chi connectivity index (χ2v) is 9.65. The smallest absolute Gasteiger partial charge is 0.327 e. The molecule has 0 saturated carbocycles. The van der Waals surface area contributed by atoms with Gasteiger partial charge in [0.1, 0.15) is 23.8 Å². The maximum Gasteiger partial charge on any atom is 0.327 e. The lowest BCUT2D eigenvalue weighted by molar-refractivity contribution is -0.181. The molecule has 3 aromatic rings. The number of fused-ring (bicyclic) bond motifs is 1. The number of benzene rings is 2. The molecule has 1 aromatic heterocycles. The first kappa shape index (κ1) is 24.9. The second kappa shape index (κ2) is 10.2. The molecule has 0 radical (unpaired) electrons. The van der Waals surface area contributed by atoms with Crippen molar-refractivity contribution < 1.29 is 23.5 Å². The van der Waals surface area contributed by atoms with Crippen molar-refractivity contribution in [2.75, 3.05) is 19.0 Å². The fourth-order valence-electron chi connectivity index (χ4n) is 3.87. The summed E-state index contributed by atoms with van der Waals surface area (Å²) in [5, 5.41) is 5.19. The van der Waals surface area contributed by atoms with Crippen LogP contribution < -0.4 is 14.9 Å². The Morgan fingerprint density at radius 3 is 2.74 bits per heavy atom. The summed E-state index contributed by atoms with van der Waals surface area (Å²) in [5.74, 6) is 0.258. The normalized spacial score (nSPS) is 16.7. The Kier molecular flexibility index (Phi) is 7.28. The largest absolute Gasteiger partial charge is 0.493 e. The summed E-state index contributed by atoms with van der Waals surface area (Å²) in [6.45, 7) is 6.06. The summed E-state index contributed by atoms with van der Waals surface area (Å²) in [4.78, 5) is 27.7. The predicted octanol–water partition coefficient (Wildman–Crippen LogP) is 5.66. The van der Waals surface area contributed by atoms with Crippen LogP contribution in [0.1, 0.15) is 40.0 Å². The number of aromatic nitrogens is 2. The van der Waals surface area contributed by atoms with Gasteiger partial charge < -0.3 is 19.6 Å². The number of rotatable bonds is 6. The number of hydrogen-bond acceptors (Lipinski definition) is 8. The quantitative estimate of drug-likeness (QED) is 0.432. The molecule has 1 unspecified atom stereocenters. The van der Waals surface area contributed by atoms with E-state index in [1.54, 1.807) is 29.3 Å². The summed E-state index contributed by atoms with van der Waals surface area (Å²) in [5.41, 5.74) is 0.141. The van der Waals surface area contributed by atoms with E-state index >= 15 is 0 Å². The highest BCUT2D eigenvalue weighted by Crippen LogP contribution is 2.37. The average Bonchev–Trinajstić information content (AvgIpc) is 2.81. The molecule has 1 aliphatic rings. The fourth-order valence-corrected chi connectivity index (χ4v) is 4.04. The molecule has 10 heteroatoms. The monoisotopic (exact) mass is 502 g/mol. The molecule has 186 valence electrons. The van der Waals surface area contributed by atoms with Crippen LogP contribution in [-0.4, -0.2) is 46.3 Å². The molecule has 2 heterocycles. The highest BCUT2D eigenvalue weighted by molar-refractivity contribution is 6.31.